The molecule has 0 aliphatic carbocycles. The largest absolute Gasteiger partial charge is 0.338 e. The third kappa shape index (κ3) is 2.61. The van der Waals surface area contributed by atoms with E-state index in [9.17, 15) is 0 Å². The molecule has 21 heavy (non-hydrogen) atoms. The Hall–Kier alpha value is -1.66. The Morgan fingerprint density at radius 3 is 2.90 bits per heavy atom. The molecule has 6 heteroatoms. The fourth-order valence-electron chi connectivity index (χ4n) is 2.84. The number of aromatic nitrogens is 4. The summed E-state index contributed by atoms with van der Waals surface area (Å²) in [5.74, 6) is 1.02. The first kappa shape index (κ1) is 13.0. The maximum absolute atomic E-state index is 4.59. The number of hydrogen-bond acceptors (Lipinski definition) is 5. The lowest BCUT2D eigenvalue weighted by molar-refractivity contribution is 0.362. The quantitative estimate of drug-likeness (QED) is 0.751. The van der Waals surface area contributed by atoms with Gasteiger partial charge in [-0.2, -0.15) is 0 Å². The fourth-order valence-corrected chi connectivity index (χ4v) is 3.63. The number of thioether (sulfide) groups is 1. The molecular weight excluding hydrogens is 282 g/mol. The minimum atomic E-state index is 0.758. The highest BCUT2D eigenvalue weighted by atomic mass is 32.2. The van der Waals surface area contributed by atoms with Crippen LogP contribution in [0, 0.1) is 0 Å². The summed E-state index contributed by atoms with van der Waals surface area (Å²) in [7, 11) is 0. The van der Waals surface area contributed by atoms with Crippen LogP contribution < -0.4 is 0 Å². The average Bonchev–Trinajstić information content (AvgIpc) is 3.13. The maximum atomic E-state index is 4.59. The summed E-state index contributed by atoms with van der Waals surface area (Å²) in [5.41, 5.74) is 2.75. The van der Waals surface area contributed by atoms with E-state index in [2.05, 4.69) is 25.1 Å². The Morgan fingerprint density at radius 1 is 1.14 bits per heavy atom. The Bertz CT molecular complexity index is 763. The van der Waals surface area contributed by atoms with Gasteiger partial charge in [-0.05, 0) is 32.0 Å². The van der Waals surface area contributed by atoms with E-state index in [0.29, 0.717) is 0 Å². The van der Waals surface area contributed by atoms with Gasteiger partial charge in [-0.25, -0.2) is 4.98 Å². The predicted molar refractivity (Wildman–Crippen MR) is 85.6 cm³/mol. The number of nitrogens with zero attached hydrogens (tertiary/aromatic N) is 4. The highest BCUT2D eigenvalue weighted by Crippen LogP contribution is 2.23. The number of fused-ring (bicyclic) bond motifs is 3. The van der Waals surface area contributed by atoms with Gasteiger partial charge in [0.15, 0.2) is 5.65 Å². The summed E-state index contributed by atoms with van der Waals surface area (Å²) < 4.78 is 0. The van der Waals surface area contributed by atoms with Crippen LogP contribution in [0.3, 0.4) is 0 Å². The summed E-state index contributed by atoms with van der Waals surface area (Å²) in [6, 6.07) is 8.11. The summed E-state index contributed by atoms with van der Waals surface area (Å²) in [6.45, 7) is 3.58. The van der Waals surface area contributed by atoms with Crippen LogP contribution in [0.4, 0.5) is 0 Å². The molecule has 0 unspecified atom stereocenters. The number of nitrogens with one attached hydrogen (secondary N) is 1. The van der Waals surface area contributed by atoms with Crippen molar-refractivity contribution in [2.75, 3.05) is 25.4 Å². The van der Waals surface area contributed by atoms with Crippen molar-refractivity contribution in [3.63, 3.8) is 0 Å². The topological polar surface area (TPSA) is 57.7 Å². The first-order chi connectivity index (χ1) is 10.4. The third-order valence-electron chi connectivity index (χ3n) is 3.94. The number of rotatable bonds is 4. The molecule has 1 fully saturated rings. The number of hydrogen-bond donors (Lipinski definition) is 1. The van der Waals surface area contributed by atoms with Crippen molar-refractivity contribution < 1.29 is 0 Å². The Morgan fingerprint density at radius 2 is 2.00 bits per heavy atom. The van der Waals surface area contributed by atoms with Crippen LogP contribution in [-0.2, 0) is 0 Å². The molecule has 3 aromatic rings. The van der Waals surface area contributed by atoms with Crippen molar-refractivity contribution in [1.29, 1.82) is 0 Å². The Labute approximate surface area is 127 Å². The molecule has 0 amide bonds. The van der Waals surface area contributed by atoms with Gasteiger partial charge >= 0.3 is 0 Å². The molecule has 5 nitrogen and oxygen atoms in total. The lowest BCUT2D eigenvalue weighted by Crippen LogP contribution is -2.21. The third-order valence-corrected chi connectivity index (χ3v) is 4.76. The Kier molecular flexibility index (Phi) is 3.48. The molecule has 2 aromatic heterocycles. The normalized spacial score (nSPS) is 16.2. The van der Waals surface area contributed by atoms with Crippen molar-refractivity contribution in [1.82, 2.24) is 25.1 Å². The van der Waals surface area contributed by atoms with Crippen LogP contribution in [0.2, 0.25) is 0 Å². The molecule has 0 saturated carbocycles. The zero-order chi connectivity index (χ0) is 14.1. The van der Waals surface area contributed by atoms with Crippen molar-refractivity contribution in [2.24, 2.45) is 0 Å². The molecule has 3 heterocycles. The maximum Gasteiger partial charge on any atom is 0.211 e. The second-order valence-electron chi connectivity index (χ2n) is 5.36. The molecule has 1 aliphatic rings. The van der Waals surface area contributed by atoms with E-state index in [1.807, 2.05) is 24.3 Å². The monoisotopic (exact) mass is 299 g/mol. The number of likely N-dealkylation sites (tertiary alicyclic amines) is 1. The lowest BCUT2D eigenvalue weighted by Gasteiger charge is -2.12. The van der Waals surface area contributed by atoms with Gasteiger partial charge in [0.05, 0.1) is 0 Å². The first-order valence-electron chi connectivity index (χ1n) is 7.36. The van der Waals surface area contributed by atoms with Crippen LogP contribution in [0.5, 0.6) is 0 Å². The van der Waals surface area contributed by atoms with Gasteiger partial charge in [0.2, 0.25) is 5.16 Å². The van der Waals surface area contributed by atoms with Gasteiger partial charge < -0.3 is 9.88 Å². The molecule has 108 valence electrons. The van der Waals surface area contributed by atoms with E-state index in [0.717, 1.165) is 39.5 Å². The van der Waals surface area contributed by atoms with E-state index < -0.39 is 0 Å². The molecular formula is C15H17N5S. The minimum absolute atomic E-state index is 0.758. The van der Waals surface area contributed by atoms with E-state index >= 15 is 0 Å². The van der Waals surface area contributed by atoms with Crippen molar-refractivity contribution >= 4 is 33.8 Å². The smallest absolute Gasteiger partial charge is 0.211 e. The molecule has 0 radical (unpaired) electrons. The second-order valence-corrected chi connectivity index (χ2v) is 6.42. The SMILES string of the molecule is c1ccc2c(c1)[nH]c1nc(SCCN3CCCC3)nnc12. The van der Waals surface area contributed by atoms with Crippen molar-refractivity contribution in [3.8, 4) is 0 Å². The molecule has 1 aromatic carbocycles. The standard InChI is InChI=1S/C15H17N5S/c1-2-6-12-11(5-1)13-14(16-12)17-15(19-18-13)21-10-9-20-7-3-4-8-20/h1-2,5-6H,3-4,7-10H2,(H,16,17,19). The molecule has 4 rings (SSSR count). The molecule has 1 N–H and O–H groups in total. The summed E-state index contributed by atoms with van der Waals surface area (Å²) in [5, 5.41) is 10.4. The number of aromatic amines is 1. The first-order valence-corrected chi connectivity index (χ1v) is 8.35. The molecule has 1 saturated heterocycles. The van der Waals surface area contributed by atoms with Crippen LogP contribution >= 0.6 is 11.8 Å². The van der Waals surface area contributed by atoms with Crippen molar-refractivity contribution in [2.45, 2.75) is 18.0 Å². The fraction of sp³-hybridized carbons (Fsp3) is 0.400. The average molecular weight is 299 g/mol. The molecule has 1 aliphatic heterocycles. The number of benzene rings is 1. The Balaban J connectivity index is 1.51. The molecule has 0 spiro atoms. The van der Waals surface area contributed by atoms with Crippen LogP contribution in [-0.4, -0.2) is 50.5 Å². The van der Waals surface area contributed by atoms with Gasteiger partial charge in [-0.15, -0.1) is 10.2 Å². The van der Waals surface area contributed by atoms with Gasteiger partial charge in [0.1, 0.15) is 5.52 Å². The molecule has 0 atom stereocenters. The van der Waals surface area contributed by atoms with E-state index in [1.165, 1.54) is 25.9 Å². The van der Waals surface area contributed by atoms with Crippen LogP contribution in [0.25, 0.3) is 22.1 Å². The summed E-state index contributed by atoms with van der Waals surface area (Å²) >= 11 is 1.69. The van der Waals surface area contributed by atoms with Crippen molar-refractivity contribution in [3.05, 3.63) is 24.3 Å². The number of H-pyrrole nitrogens is 1. The highest BCUT2D eigenvalue weighted by Gasteiger charge is 2.12. The van der Waals surface area contributed by atoms with E-state index in [1.54, 1.807) is 11.8 Å². The predicted octanol–water partition coefficient (Wildman–Crippen LogP) is 2.69. The summed E-state index contributed by atoms with van der Waals surface area (Å²) in [4.78, 5) is 10.4. The van der Waals surface area contributed by atoms with Gasteiger partial charge in [0, 0.05) is 23.2 Å². The van der Waals surface area contributed by atoms with Gasteiger partial charge in [-0.1, -0.05) is 30.0 Å². The van der Waals surface area contributed by atoms with Crippen LogP contribution in [0.1, 0.15) is 12.8 Å². The van der Waals surface area contributed by atoms with E-state index in [-0.39, 0.29) is 0 Å². The van der Waals surface area contributed by atoms with Gasteiger partial charge in [0.25, 0.3) is 0 Å². The molecule has 0 bridgehead atoms. The zero-order valence-electron chi connectivity index (χ0n) is 11.7. The summed E-state index contributed by atoms with van der Waals surface area (Å²) in [6.07, 6.45) is 2.67. The minimum Gasteiger partial charge on any atom is -0.338 e. The lowest BCUT2D eigenvalue weighted by atomic mass is 10.2. The number of para-hydroxylation sites is 1. The second kappa shape index (κ2) is 5.61. The zero-order valence-corrected chi connectivity index (χ0v) is 12.6. The van der Waals surface area contributed by atoms with Gasteiger partial charge in [-0.3, -0.25) is 0 Å². The van der Waals surface area contributed by atoms with Crippen LogP contribution in [0.15, 0.2) is 29.4 Å². The highest BCUT2D eigenvalue weighted by molar-refractivity contribution is 7.99. The van der Waals surface area contributed by atoms with E-state index in [4.69, 9.17) is 0 Å².